The number of rotatable bonds is 3. The van der Waals surface area contributed by atoms with E-state index in [9.17, 15) is 0 Å². The van der Waals surface area contributed by atoms with Gasteiger partial charge < -0.3 is 0 Å². The third kappa shape index (κ3) is 8.84. The molecule has 0 atom stereocenters. The molecule has 0 radical (unpaired) electrons. The van der Waals surface area contributed by atoms with Crippen molar-refractivity contribution in [1.82, 2.24) is 5.27 Å². The molecule has 0 rings (SSSR count). The third-order valence-electron chi connectivity index (χ3n) is 0.184. The van der Waals surface area contributed by atoms with Crippen LogP contribution in [0.5, 0.6) is 0 Å². The van der Waals surface area contributed by atoms with E-state index >= 15 is 0 Å². The Morgan fingerprint density at radius 3 is 2.86 bits per heavy atom. The number of hydrogen-bond donors (Lipinski definition) is 2. The Bertz CT molecular complexity index is 53.7. The summed E-state index contributed by atoms with van der Waals surface area (Å²) in [6, 6.07) is 0. The van der Waals surface area contributed by atoms with Crippen molar-refractivity contribution in [3.05, 3.63) is 0 Å². The van der Waals surface area contributed by atoms with Crippen LogP contribution in [0.15, 0.2) is 0 Å². The first kappa shape index (κ1) is 9.84. The van der Waals surface area contributed by atoms with Gasteiger partial charge in [-0.2, -0.15) is 0 Å². The Balaban J connectivity index is 2.69. The van der Waals surface area contributed by atoms with E-state index in [2.05, 4.69) is 23.9 Å². The summed E-state index contributed by atoms with van der Waals surface area (Å²) >= 11 is 3.71. The van der Waals surface area contributed by atoms with Gasteiger partial charge in [0.05, 0.1) is 0 Å². The van der Waals surface area contributed by atoms with E-state index in [0.717, 1.165) is 0 Å². The van der Waals surface area contributed by atoms with Gasteiger partial charge in [0.1, 0.15) is 0 Å². The van der Waals surface area contributed by atoms with Gasteiger partial charge in [0.15, 0.2) is 0 Å². The second kappa shape index (κ2) is 8.84. The number of halogens is 4. The van der Waals surface area contributed by atoms with E-state index in [1.807, 2.05) is 7.05 Å². The van der Waals surface area contributed by atoms with Gasteiger partial charge in [-0.05, 0) is 0 Å². The van der Waals surface area contributed by atoms with Gasteiger partial charge in [0, 0.05) is 0 Å². The van der Waals surface area contributed by atoms with Crippen LogP contribution in [0.1, 0.15) is 0 Å². The van der Waals surface area contributed by atoms with Gasteiger partial charge in [-0.1, -0.05) is 0 Å². The second-order valence-electron chi connectivity index (χ2n) is 0.480. The molecular formula is CH5I4N2-. The Morgan fingerprint density at radius 2 is 2.43 bits per heavy atom. The molecule has 0 aliphatic carbocycles. The van der Waals surface area contributed by atoms with Crippen LogP contribution in [0, 0.1) is 0 Å². The monoisotopic (exact) mass is 553 g/mol. The van der Waals surface area contributed by atoms with Crippen LogP contribution in [-0.4, -0.2) is 7.05 Å². The molecule has 7 heavy (non-hydrogen) atoms. The predicted molar refractivity (Wildman–Crippen MR) is 54.3 cm³/mol. The van der Waals surface area contributed by atoms with Crippen molar-refractivity contribution in [2.24, 2.45) is 0 Å². The molecule has 0 saturated carbocycles. The summed E-state index contributed by atoms with van der Waals surface area (Å²) in [5, 5.41) is 0. The van der Waals surface area contributed by atoms with Crippen molar-refractivity contribution >= 4 is 48.1 Å². The van der Waals surface area contributed by atoms with E-state index in [1.165, 1.54) is 0 Å². The van der Waals surface area contributed by atoms with Gasteiger partial charge in [-0.15, -0.1) is 0 Å². The van der Waals surface area contributed by atoms with Crippen LogP contribution in [0.25, 0.3) is 0 Å². The van der Waals surface area contributed by atoms with E-state index in [-0.39, 0.29) is 21.8 Å². The van der Waals surface area contributed by atoms with Crippen LogP contribution in [0.4, 0.5) is 0 Å². The van der Waals surface area contributed by atoms with Gasteiger partial charge in [0.2, 0.25) is 0 Å². The van der Waals surface area contributed by atoms with Crippen LogP contribution < -0.4 is 27.0 Å². The van der Waals surface area contributed by atoms with Gasteiger partial charge in [-0.25, -0.2) is 0 Å². The predicted octanol–water partition coefficient (Wildman–Crippen LogP) is -1.16. The molecule has 0 spiro atoms. The second-order valence-corrected chi connectivity index (χ2v) is 24.6. The third-order valence-corrected chi connectivity index (χ3v) is 18.5. The fourth-order valence-electron chi connectivity index (χ4n) is 0.0594. The molecule has 6 heteroatoms. The Hall–Kier alpha value is 2.84. The molecule has 0 heterocycles. The summed E-state index contributed by atoms with van der Waals surface area (Å²) in [6.45, 7) is 0. The SMILES string of the molecule is CN[I-]NI=II. The molecule has 0 amide bonds. The van der Waals surface area contributed by atoms with Crippen molar-refractivity contribution < 1.29 is 21.8 Å². The first-order valence-corrected chi connectivity index (χ1v) is 17.2. The number of hydrogen-bond acceptors (Lipinski definition) is 2. The first-order chi connectivity index (χ1) is 3.41. The normalized spacial score (nSPS) is 13.4. The van der Waals surface area contributed by atoms with Crippen molar-refractivity contribution in [2.45, 2.75) is 0 Å². The molecule has 2 N–H and O–H groups in total. The standard InChI is InChI=1S/CH5I4N2/c1-6-5-7-4-3-2/h6-7H,1H3/q-1. The topological polar surface area (TPSA) is 24.1 Å². The first-order valence-electron chi connectivity index (χ1n) is 1.35. The minimum absolute atomic E-state index is 0.193. The molecule has 0 unspecified atom stereocenters. The average Bonchev–Trinajstić information content (AvgIpc) is 1.69. The molecule has 2 nitrogen and oxygen atoms in total. The fraction of sp³-hybridized carbons (Fsp3) is 1.00. The Labute approximate surface area is 80.1 Å². The molecule has 0 aromatic heterocycles. The summed E-state index contributed by atoms with van der Waals surface area (Å²) in [6.07, 6.45) is 0. The molecule has 0 bridgehead atoms. The van der Waals surface area contributed by atoms with Crippen molar-refractivity contribution in [1.29, 1.82) is 0 Å². The molecule has 0 aliphatic rings. The summed E-state index contributed by atoms with van der Waals surface area (Å²) < 4.78 is 6.58. The number of nitrogens with one attached hydrogen (secondary N) is 2. The molecule has 0 fully saturated rings. The molecule has 0 aromatic rings. The van der Waals surface area contributed by atoms with Crippen LogP contribution in [0.3, 0.4) is 0 Å². The van der Waals surface area contributed by atoms with Gasteiger partial charge >= 0.3 is 82.2 Å². The van der Waals surface area contributed by atoms with Crippen molar-refractivity contribution in [3.63, 3.8) is 0 Å². The average molecular weight is 553 g/mol. The van der Waals surface area contributed by atoms with E-state index in [4.69, 9.17) is 0 Å². The molecule has 0 aliphatic heterocycles. The van der Waals surface area contributed by atoms with E-state index in [1.54, 1.807) is 0 Å². The van der Waals surface area contributed by atoms with Crippen molar-refractivity contribution in [3.8, 4) is 0 Å². The van der Waals surface area contributed by atoms with Crippen LogP contribution in [0.2, 0.25) is 0 Å². The molecule has 0 saturated heterocycles. The van der Waals surface area contributed by atoms with Gasteiger partial charge in [-0.3, -0.25) is 0 Å². The summed E-state index contributed by atoms with van der Waals surface area (Å²) in [4.78, 5) is 0. The van der Waals surface area contributed by atoms with Gasteiger partial charge in [0.25, 0.3) is 0 Å². The zero-order valence-corrected chi connectivity index (χ0v) is 12.1. The quantitative estimate of drug-likeness (QED) is 0.262. The molecular weight excluding hydrogens is 548 g/mol. The maximum absolute atomic E-state index is 3.44. The maximum atomic E-state index is 3.44. The summed E-state index contributed by atoms with van der Waals surface area (Å²) in [7, 11) is 2.01. The van der Waals surface area contributed by atoms with E-state index in [0.29, 0.717) is 29.5 Å². The zero-order chi connectivity index (χ0) is 5.54. The molecule has 48 valence electrons. The van der Waals surface area contributed by atoms with Crippen molar-refractivity contribution in [2.75, 3.05) is 7.05 Å². The fourth-order valence-corrected chi connectivity index (χ4v) is 26.3. The van der Waals surface area contributed by atoms with E-state index < -0.39 is 0 Å². The summed E-state index contributed by atoms with van der Waals surface area (Å²) in [5.74, 6) is 0. The molecule has 0 aromatic carbocycles. The summed E-state index contributed by atoms with van der Waals surface area (Å²) in [5.41, 5.74) is 0. The Kier molecular flexibility index (Phi) is 12.4. The van der Waals surface area contributed by atoms with Crippen LogP contribution in [-0.2, 0) is 0 Å². The van der Waals surface area contributed by atoms with Crippen LogP contribution >= 0.6 is 48.1 Å². The Morgan fingerprint density at radius 1 is 1.71 bits per heavy atom. The zero-order valence-electron chi connectivity index (χ0n) is 3.51. The minimum atomic E-state index is 0.193.